The molecule has 3 aromatic rings. The molecule has 0 aliphatic carbocycles. The predicted molar refractivity (Wildman–Crippen MR) is 164 cm³/mol. The number of ether oxygens (including phenoxy) is 2. The average molecular weight is 577 g/mol. The third-order valence-electron chi connectivity index (χ3n) is 7.90. The van der Waals surface area contributed by atoms with E-state index in [0.29, 0.717) is 30.1 Å². The van der Waals surface area contributed by atoms with Gasteiger partial charge in [0.1, 0.15) is 5.60 Å². The van der Waals surface area contributed by atoms with E-state index >= 15 is 0 Å². The van der Waals surface area contributed by atoms with E-state index in [1.165, 1.54) is 0 Å². The normalized spacial score (nSPS) is 18.3. The van der Waals surface area contributed by atoms with Gasteiger partial charge in [-0.2, -0.15) is 5.10 Å². The fourth-order valence-electron chi connectivity index (χ4n) is 5.61. The van der Waals surface area contributed by atoms with Crippen LogP contribution in [-0.4, -0.2) is 81.0 Å². The number of likely N-dealkylation sites (tertiary alicyclic amines) is 1. The Hall–Kier alpha value is -3.86. The first-order valence-electron chi connectivity index (χ1n) is 14.8. The predicted octanol–water partition coefficient (Wildman–Crippen LogP) is 5.34. The molecule has 42 heavy (non-hydrogen) atoms. The van der Waals surface area contributed by atoms with Crippen molar-refractivity contribution >= 4 is 17.6 Å². The molecule has 2 aliphatic rings. The van der Waals surface area contributed by atoms with Crippen LogP contribution >= 0.6 is 0 Å². The Labute approximate surface area is 248 Å². The molecule has 1 atom stereocenters. The van der Waals surface area contributed by atoms with Crippen LogP contribution < -0.4 is 15.4 Å². The number of carbonyl (C=O) groups excluding carboxylic acids is 1. The smallest absolute Gasteiger partial charge is 0.410 e. The van der Waals surface area contributed by atoms with Crippen LogP contribution in [0.4, 0.5) is 16.3 Å². The van der Waals surface area contributed by atoms with Gasteiger partial charge in [-0.15, -0.1) is 0 Å². The fraction of sp³-hybridized carbons (Fsp3) is 0.548. The SMILES string of the molecule is C[C@@H]1CCCN1c1cc(CN(C)C(=O)OC(C)(C)C)cc(-c2cnc(N)c(Oc3cnn(C4CCN(C)CC4)c3)n2)c1. The average Bonchev–Trinajstić information content (AvgIpc) is 3.58. The minimum atomic E-state index is -0.567. The largest absolute Gasteiger partial charge is 0.444 e. The number of anilines is 2. The van der Waals surface area contributed by atoms with E-state index in [9.17, 15) is 4.79 Å². The minimum Gasteiger partial charge on any atom is -0.444 e. The first-order chi connectivity index (χ1) is 19.9. The van der Waals surface area contributed by atoms with E-state index in [1.807, 2.05) is 37.7 Å². The van der Waals surface area contributed by atoms with E-state index in [1.54, 1.807) is 24.3 Å². The molecule has 2 aliphatic heterocycles. The summed E-state index contributed by atoms with van der Waals surface area (Å²) < 4.78 is 13.7. The topological polar surface area (TPSA) is 115 Å². The van der Waals surface area contributed by atoms with E-state index in [0.717, 1.165) is 62.1 Å². The summed E-state index contributed by atoms with van der Waals surface area (Å²) in [6.07, 6.45) is 9.28. The third-order valence-corrected chi connectivity index (χ3v) is 7.90. The van der Waals surface area contributed by atoms with Crippen molar-refractivity contribution < 1.29 is 14.3 Å². The number of carbonyl (C=O) groups is 1. The van der Waals surface area contributed by atoms with Crippen LogP contribution in [0.5, 0.6) is 11.6 Å². The zero-order chi connectivity index (χ0) is 30.0. The standard InChI is InChI=1S/C31H44N8O3/c1-21-8-7-11-38(21)25-15-22(19-37(6)30(40)42-31(2,3)4)14-23(16-25)27-18-33-28(32)29(35-27)41-26-17-34-39(20-26)24-9-12-36(5)13-10-24/h14-18,20-21,24H,7-13,19H2,1-6H3,(H2,32,33)/t21-/m1/s1. The molecule has 0 unspecified atom stereocenters. The van der Waals surface area contributed by atoms with Crippen LogP contribution in [-0.2, 0) is 11.3 Å². The molecule has 4 heterocycles. The van der Waals surface area contributed by atoms with Crippen LogP contribution in [0.1, 0.15) is 65.0 Å². The second-order valence-corrected chi connectivity index (χ2v) is 12.6. The summed E-state index contributed by atoms with van der Waals surface area (Å²) in [4.78, 5) is 28.2. The molecule has 2 N–H and O–H groups in total. The van der Waals surface area contributed by atoms with E-state index in [2.05, 4.69) is 46.0 Å². The highest BCUT2D eigenvalue weighted by molar-refractivity contribution is 5.70. The number of piperidine rings is 1. The molecule has 226 valence electrons. The molecule has 2 aromatic heterocycles. The lowest BCUT2D eigenvalue weighted by molar-refractivity contribution is 0.0285. The zero-order valence-corrected chi connectivity index (χ0v) is 25.7. The molecule has 5 rings (SSSR count). The molecule has 1 amide bonds. The number of benzene rings is 1. The molecule has 0 spiro atoms. The van der Waals surface area contributed by atoms with Gasteiger partial charge in [-0.25, -0.2) is 14.8 Å². The summed E-state index contributed by atoms with van der Waals surface area (Å²) in [7, 11) is 3.89. The summed E-state index contributed by atoms with van der Waals surface area (Å²) in [5, 5.41) is 4.55. The summed E-state index contributed by atoms with van der Waals surface area (Å²) in [5.74, 6) is 1.02. The maximum Gasteiger partial charge on any atom is 0.410 e. The third kappa shape index (κ3) is 7.13. The Balaban J connectivity index is 1.41. The van der Waals surface area contributed by atoms with Gasteiger partial charge in [-0.1, -0.05) is 0 Å². The maximum atomic E-state index is 12.7. The summed E-state index contributed by atoms with van der Waals surface area (Å²) in [5.41, 5.74) is 9.21. The van der Waals surface area contributed by atoms with Gasteiger partial charge in [0.25, 0.3) is 5.88 Å². The number of rotatable bonds is 7. The lowest BCUT2D eigenvalue weighted by Gasteiger charge is -2.28. The van der Waals surface area contributed by atoms with Gasteiger partial charge in [-0.05, 0) is 97.3 Å². The molecule has 11 nitrogen and oxygen atoms in total. The van der Waals surface area contributed by atoms with Crippen LogP contribution in [0.3, 0.4) is 0 Å². The van der Waals surface area contributed by atoms with Gasteiger partial charge in [0.15, 0.2) is 11.6 Å². The minimum absolute atomic E-state index is 0.208. The van der Waals surface area contributed by atoms with Crippen LogP contribution in [0.2, 0.25) is 0 Å². The summed E-state index contributed by atoms with van der Waals surface area (Å²) >= 11 is 0. The van der Waals surface area contributed by atoms with E-state index in [4.69, 9.17) is 20.2 Å². The Morgan fingerprint density at radius 3 is 2.57 bits per heavy atom. The Bertz CT molecular complexity index is 1390. The summed E-state index contributed by atoms with van der Waals surface area (Å²) in [6.45, 7) is 11.3. The molecular weight excluding hydrogens is 532 g/mol. The number of nitrogens with zero attached hydrogens (tertiary/aromatic N) is 7. The van der Waals surface area contributed by atoms with Crippen molar-refractivity contribution in [1.29, 1.82) is 0 Å². The van der Waals surface area contributed by atoms with Crippen LogP contribution in [0.15, 0.2) is 36.8 Å². The van der Waals surface area contributed by atoms with E-state index < -0.39 is 5.60 Å². The van der Waals surface area contributed by atoms with E-state index in [-0.39, 0.29) is 17.8 Å². The molecule has 0 saturated carbocycles. The zero-order valence-electron chi connectivity index (χ0n) is 25.7. The quantitative estimate of drug-likeness (QED) is 0.398. The van der Waals surface area contributed by atoms with Crippen molar-refractivity contribution in [3.05, 3.63) is 42.4 Å². The monoisotopic (exact) mass is 576 g/mol. The summed E-state index contributed by atoms with van der Waals surface area (Å²) in [6, 6.07) is 7.08. The van der Waals surface area contributed by atoms with Crippen molar-refractivity contribution in [2.24, 2.45) is 0 Å². The Morgan fingerprint density at radius 2 is 1.88 bits per heavy atom. The van der Waals surface area contributed by atoms with Gasteiger partial charge in [0.2, 0.25) is 0 Å². The fourth-order valence-corrected chi connectivity index (χ4v) is 5.61. The number of hydrogen-bond acceptors (Lipinski definition) is 9. The lowest BCUT2D eigenvalue weighted by Crippen LogP contribution is -2.34. The first kappa shape index (κ1) is 29.6. The lowest BCUT2D eigenvalue weighted by atomic mass is 10.1. The molecular formula is C31H44N8O3. The Morgan fingerprint density at radius 1 is 1.12 bits per heavy atom. The number of hydrogen-bond donors (Lipinski definition) is 1. The number of amides is 1. The number of aromatic nitrogens is 4. The van der Waals surface area contributed by atoms with Gasteiger partial charge >= 0.3 is 6.09 Å². The molecule has 11 heteroatoms. The van der Waals surface area contributed by atoms with Gasteiger partial charge in [0, 0.05) is 37.4 Å². The van der Waals surface area contributed by atoms with Crippen LogP contribution in [0, 0.1) is 0 Å². The van der Waals surface area contributed by atoms with Gasteiger partial charge in [-0.3, -0.25) is 4.68 Å². The molecule has 2 saturated heterocycles. The Kier molecular flexibility index (Phi) is 8.58. The van der Waals surface area contributed by atoms with Gasteiger partial charge < -0.3 is 29.9 Å². The van der Waals surface area contributed by atoms with Crippen molar-refractivity contribution in [3.63, 3.8) is 0 Å². The second kappa shape index (κ2) is 12.2. The highest BCUT2D eigenvalue weighted by Crippen LogP contribution is 2.33. The highest BCUT2D eigenvalue weighted by Gasteiger charge is 2.24. The highest BCUT2D eigenvalue weighted by atomic mass is 16.6. The first-order valence-corrected chi connectivity index (χ1v) is 14.8. The van der Waals surface area contributed by atoms with Crippen molar-refractivity contribution in [2.75, 3.05) is 44.4 Å². The number of nitrogen functional groups attached to an aromatic ring is 1. The second-order valence-electron chi connectivity index (χ2n) is 12.6. The molecule has 0 radical (unpaired) electrons. The maximum absolute atomic E-state index is 12.7. The molecule has 2 fully saturated rings. The van der Waals surface area contributed by atoms with Crippen LogP contribution in [0.25, 0.3) is 11.3 Å². The van der Waals surface area contributed by atoms with Crippen molar-refractivity contribution in [3.8, 4) is 22.9 Å². The molecule has 0 bridgehead atoms. The van der Waals surface area contributed by atoms with Crippen molar-refractivity contribution in [2.45, 2.75) is 77.6 Å². The molecule has 1 aromatic carbocycles. The van der Waals surface area contributed by atoms with Gasteiger partial charge in [0.05, 0.1) is 30.3 Å². The van der Waals surface area contributed by atoms with Crippen molar-refractivity contribution in [1.82, 2.24) is 29.5 Å². The number of nitrogens with two attached hydrogens (primary N) is 1.